The summed E-state index contributed by atoms with van der Waals surface area (Å²) in [5.74, 6) is 1.86. The molecule has 4 rings (SSSR count). The van der Waals surface area contributed by atoms with Crippen LogP contribution >= 0.6 is 0 Å². The first-order valence-corrected chi connectivity index (χ1v) is 9.67. The molecule has 0 aliphatic rings. The highest BCUT2D eigenvalue weighted by molar-refractivity contribution is 5.66. The molecule has 0 bridgehead atoms. The zero-order valence-corrected chi connectivity index (χ0v) is 17.5. The molecule has 8 heteroatoms. The van der Waals surface area contributed by atoms with Gasteiger partial charge in [-0.15, -0.1) is 0 Å². The van der Waals surface area contributed by atoms with Crippen LogP contribution in [0.1, 0.15) is 11.7 Å². The van der Waals surface area contributed by atoms with Gasteiger partial charge in [-0.1, -0.05) is 0 Å². The third-order valence-electron chi connectivity index (χ3n) is 5.15. The van der Waals surface area contributed by atoms with Crippen LogP contribution in [0.5, 0.6) is 17.2 Å². The fourth-order valence-corrected chi connectivity index (χ4v) is 3.46. The Morgan fingerprint density at radius 1 is 0.935 bits per heavy atom. The van der Waals surface area contributed by atoms with Crippen molar-refractivity contribution in [3.8, 4) is 28.5 Å². The summed E-state index contributed by atoms with van der Waals surface area (Å²) in [5.41, 5.74) is 2.25. The van der Waals surface area contributed by atoms with E-state index in [2.05, 4.69) is 5.10 Å². The molecule has 4 aromatic rings. The maximum atomic E-state index is 13.0. The highest BCUT2D eigenvalue weighted by atomic mass is 16.5. The average Bonchev–Trinajstić information content (AvgIpc) is 3.25. The minimum Gasteiger partial charge on any atom is -0.497 e. The molecule has 0 radical (unpaired) electrons. The van der Waals surface area contributed by atoms with Crippen LogP contribution in [0.15, 0.2) is 65.7 Å². The number of aliphatic hydroxyl groups is 1. The zero-order chi connectivity index (χ0) is 22.0. The highest BCUT2D eigenvalue weighted by Crippen LogP contribution is 2.30. The van der Waals surface area contributed by atoms with Gasteiger partial charge in [0, 0.05) is 23.5 Å². The van der Waals surface area contributed by atoms with Gasteiger partial charge in [-0.25, -0.2) is 4.52 Å². The first kappa shape index (κ1) is 20.5. The van der Waals surface area contributed by atoms with E-state index in [-0.39, 0.29) is 12.1 Å². The van der Waals surface area contributed by atoms with E-state index in [1.54, 1.807) is 50.9 Å². The lowest BCUT2D eigenvalue weighted by Gasteiger charge is -2.17. The van der Waals surface area contributed by atoms with Crippen molar-refractivity contribution in [2.75, 3.05) is 21.3 Å². The number of hydrogen-bond acceptors (Lipinski definition) is 6. The van der Waals surface area contributed by atoms with Crippen molar-refractivity contribution in [3.63, 3.8) is 0 Å². The lowest BCUT2D eigenvalue weighted by molar-refractivity contribution is 0.151. The predicted octanol–water partition coefficient (Wildman–Crippen LogP) is 2.92. The normalized spacial score (nSPS) is 12.0. The lowest BCUT2D eigenvalue weighted by atomic mass is 10.1. The van der Waals surface area contributed by atoms with E-state index in [0.717, 1.165) is 11.3 Å². The molecule has 0 spiro atoms. The predicted molar refractivity (Wildman–Crippen MR) is 116 cm³/mol. The van der Waals surface area contributed by atoms with E-state index in [1.165, 1.54) is 16.2 Å². The molecule has 2 heterocycles. The zero-order valence-electron chi connectivity index (χ0n) is 17.5. The summed E-state index contributed by atoms with van der Waals surface area (Å²) in [7, 11) is 4.69. The van der Waals surface area contributed by atoms with Crippen LogP contribution in [-0.4, -0.2) is 40.6 Å². The molecule has 160 valence electrons. The van der Waals surface area contributed by atoms with Gasteiger partial charge in [0.2, 0.25) is 0 Å². The Morgan fingerprint density at radius 3 is 2.32 bits per heavy atom. The molecule has 0 aliphatic heterocycles. The van der Waals surface area contributed by atoms with Gasteiger partial charge in [0.05, 0.1) is 33.6 Å². The maximum Gasteiger partial charge on any atom is 0.276 e. The van der Waals surface area contributed by atoms with Gasteiger partial charge >= 0.3 is 0 Å². The van der Waals surface area contributed by atoms with Crippen molar-refractivity contribution in [2.24, 2.45) is 0 Å². The van der Waals surface area contributed by atoms with Crippen molar-refractivity contribution in [2.45, 2.75) is 12.6 Å². The summed E-state index contributed by atoms with van der Waals surface area (Å²) in [6.45, 7) is 0.0575. The molecule has 31 heavy (non-hydrogen) atoms. The summed E-state index contributed by atoms with van der Waals surface area (Å²) >= 11 is 0. The van der Waals surface area contributed by atoms with E-state index in [9.17, 15) is 9.90 Å². The molecule has 2 aromatic carbocycles. The van der Waals surface area contributed by atoms with E-state index in [4.69, 9.17) is 14.2 Å². The summed E-state index contributed by atoms with van der Waals surface area (Å²) in [4.78, 5) is 13.0. The second-order valence-electron chi connectivity index (χ2n) is 6.97. The molecule has 0 amide bonds. The summed E-state index contributed by atoms with van der Waals surface area (Å²) in [5, 5.41) is 15.3. The first-order valence-electron chi connectivity index (χ1n) is 9.67. The highest BCUT2D eigenvalue weighted by Gasteiger charge is 2.17. The molecule has 0 saturated heterocycles. The Labute approximate surface area is 178 Å². The Balaban J connectivity index is 1.66. The van der Waals surface area contributed by atoms with Crippen molar-refractivity contribution < 1.29 is 19.3 Å². The number of aromatic nitrogens is 3. The smallest absolute Gasteiger partial charge is 0.276 e. The fourth-order valence-electron chi connectivity index (χ4n) is 3.46. The molecule has 1 N–H and O–H groups in total. The van der Waals surface area contributed by atoms with E-state index in [1.807, 2.05) is 24.3 Å². The molecule has 1 unspecified atom stereocenters. The quantitative estimate of drug-likeness (QED) is 0.494. The van der Waals surface area contributed by atoms with Crippen LogP contribution in [0.3, 0.4) is 0 Å². The molecular weight excluding hydrogens is 398 g/mol. The van der Waals surface area contributed by atoms with Crippen molar-refractivity contribution in [3.05, 3.63) is 76.8 Å². The van der Waals surface area contributed by atoms with Crippen LogP contribution in [0.25, 0.3) is 16.8 Å². The summed E-state index contributed by atoms with van der Waals surface area (Å²) < 4.78 is 18.8. The van der Waals surface area contributed by atoms with E-state index < -0.39 is 6.10 Å². The van der Waals surface area contributed by atoms with Crippen molar-refractivity contribution in [1.82, 2.24) is 14.2 Å². The molecule has 0 aliphatic carbocycles. The second kappa shape index (κ2) is 8.53. The Kier molecular flexibility index (Phi) is 5.64. The fraction of sp³-hybridized carbons (Fsp3) is 0.217. The number of methoxy groups -OCH3 is 3. The summed E-state index contributed by atoms with van der Waals surface area (Å²) in [6.07, 6.45) is 2.34. The number of ether oxygens (including phenoxy) is 3. The lowest BCUT2D eigenvalue weighted by Crippen LogP contribution is -2.24. The third kappa shape index (κ3) is 3.97. The van der Waals surface area contributed by atoms with Gasteiger partial charge in [0.25, 0.3) is 5.56 Å². The van der Waals surface area contributed by atoms with Crippen molar-refractivity contribution in [1.29, 1.82) is 0 Å². The van der Waals surface area contributed by atoms with Gasteiger partial charge in [0.15, 0.2) is 0 Å². The number of benzene rings is 2. The molecule has 0 saturated carbocycles. The molecular formula is C23H23N3O5. The number of fused-ring (bicyclic) bond motifs is 1. The van der Waals surface area contributed by atoms with Gasteiger partial charge < -0.3 is 23.9 Å². The number of hydrogen-bond donors (Lipinski definition) is 1. The average molecular weight is 421 g/mol. The van der Waals surface area contributed by atoms with Gasteiger partial charge in [0.1, 0.15) is 28.9 Å². The molecule has 1 atom stereocenters. The number of rotatable bonds is 7. The number of aliphatic hydroxyl groups excluding tert-OH is 1. The molecule has 0 fully saturated rings. The monoisotopic (exact) mass is 421 g/mol. The second-order valence-corrected chi connectivity index (χ2v) is 6.97. The third-order valence-corrected chi connectivity index (χ3v) is 5.15. The van der Waals surface area contributed by atoms with Crippen LogP contribution in [0, 0.1) is 0 Å². The molecule has 2 aromatic heterocycles. The SMILES string of the molecule is COc1ccc(-c2cc3c(=O)n(CC(O)c4cc(OC)ccc4OC)ccn3n2)cc1. The van der Waals surface area contributed by atoms with Crippen LogP contribution < -0.4 is 19.8 Å². The first-order chi connectivity index (χ1) is 15.0. The van der Waals surface area contributed by atoms with Crippen LogP contribution in [0.4, 0.5) is 0 Å². The topological polar surface area (TPSA) is 87.2 Å². The van der Waals surface area contributed by atoms with Crippen LogP contribution in [-0.2, 0) is 6.54 Å². The van der Waals surface area contributed by atoms with Gasteiger partial charge in [-0.05, 0) is 48.5 Å². The van der Waals surface area contributed by atoms with Gasteiger partial charge in [-0.3, -0.25) is 4.79 Å². The van der Waals surface area contributed by atoms with E-state index >= 15 is 0 Å². The minimum atomic E-state index is -0.964. The van der Waals surface area contributed by atoms with Crippen LogP contribution in [0.2, 0.25) is 0 Å². The number of nitrogens with zero attached hydrogens (tertiary/aromatic N) is 3. The minimum absolute atomic E-state index is 0.0575. The van der Waals surface area contributed by atoms with E-state index in [0.29, 0.717) is 28.3 Å². The Bertz CT molecular complexity index is 1260. The standard InChI is InChI=1S/C23H23N3O5/c1-29-16-6-4-15(5-7-16)19-13-20-23(28)25(10-11-26(20)24-19)14-21(27)18-12-17(30-2)8-9-22(18)31-3/h4-13,21,27H,14H2,1-3H3. The Morgan fingerprint density at radius 2 is 1.65 bits per heavy atom. The largest absolute Gasteiger partial charge is 0.497 e. The van der Waals surface area contributed by atoms with Gasteiger partial charge in [-0.2, -0.15) is 5.10 Å². The molecule has 8 nitrogen and oxygen atoms in total. The summed E-state index contributed by atoms with van der Waals surface area (Å²) in [6, 6.07) is 14.4. The van der Waals surface area contributed by atoms with Crippen molar-refractivity contribution >= 4 is 5.52 Å². The maximum absolute atomic E-state index is 13.0. The Hall–Kier alpha value is -3.78.